The molecular weight excluding hydrogens is 1260 g/mol. The number of hydrogen-bond acceptors (Lipinski definition) is 15. The van der Waals surface area contributed by atoms with E-state index in [9.17, 15) is 43.2 Å². The number of hydrogen-bond donors (Lipinski definition) is 3. The van der Waals surface area contributed by atoms with Crippen LogP contribution in [0.4, 0.5) is 0 Å². The molecule has 3 N–H and O–H groups in total. The maximum absolute atomic E-state index is 13.1. The molecule has 17 nitrogen and oxygen atoms in total. The largest absolute Gasteiger partial charge is 0.472 e. The molecule has 0 saturated carbocycles. The minimum atomic E-state index is -4.96. The van der Waals surface area contributed by atoms with Crippen molar-refractivity contribution in [2.24, 2.45) is 5.92 Å². The summed E-state index contributed by atoms with van der Waals surface area (Å²) in [6, 6.07) is 0. The molecule has 0 aromatic rings. The molecule has 0 amide bonds. The third-order valence-corrected chi connectivity index (χ3v) is 19.9. The number of phosphoric ester groups is 2. The van der Waals surface area contributed by atoms with Gasteiger partial charge in [-0.1, -0.05) is 356 Å². The summed E-state index contributed by atoms with van der Waals surface area (Å²) in [5.41, 5.74) is 0. The Morgan fingerprint density at radius 2 is 0.479 bits per heavy atom. The number of ether oxygens (including phenoxy) is 4. The summed E-state index contributed by atoms with van der Waals surface area (Å²) in [6.45, 7) is 7.30. The molecule has 0 heterocycles. The molecule has 0 rings (SSSR count). The SMILES string of the molecule is CCCCCCCCCCCCCCCCCCCC(=O)O[C@H](COC(=O)CCCCCCCCCCCCCCCCC)COP(=O)(O)OC[C@@H](O)COP(=O)(O)OC[C@@H](COC(=O)CCCCCCCCCCCC)OC(=O)CCCCCCCCCCCCCC(C)C. The van der Waals surface area contributed by atoms with Crippen LogP contribution in [-0.2, 0) is 65.4 Å². The van der Waals surface area contributed by atoms with Gasteiger partial charge in [0.05, 0.1) is 26.4 Å². The molecule has 96 heavy (non-hydrogen) atoms. The third kappa shape index (κ3) is 70.5. The van der Waals surface area contributed by atoms with E-state index >= 15 is 0 Å². The zero-order valence-corrected chi connectivity index (χ0v) is 64.3. The first-order valence-electron chi connectivity index (χ1n) is 40.1. The predicted molar refractivity (Wildman–Crippen MR) is 391 cm³/mol. The van der Waals surface area contributed by atoms with E-state index in [4.69, 9.17) is 37.0 Å². The van der Waals surface area contributed by atoms with E-state index in [0.29, 0.717) is 25.7 Å². The van der Waals surface area contributed by atoms with E-state index < -0.39 is 97.5 Å². The lowest BCUT2D eigenvalue weighted by atomic mass is 10.0. The highest BCUT2D eigenvalue weighted by molar-refractivity contribution is 7.47. The van der Waals surface area contributed by atoms with Crippen molar-refractivity contribution < 1.29 is 80.2 Å². The molecule has 0 aromatic heterocycles. The number of carbonyl (C=O) groups excluding carboxylic acids is 4. The van der Waals surface area contributed by atoms with Gasteiger partial charge in [0.25, 0.3) is 0 Å². The van der Waals surface area contributed by atoms with Gasteiger partial charge in [0.2, 0.25) is 0 Å². The highest BCUT2D eigenvalue weighted by atomic mass is 31.2. The van der Waals surface area contributed by atoms with Crippen LogP contribution in [-0.4, -0.2) is 96.7 Å². The standard InChI is InChI=1S/C77H150O17P2/c1-6-9-12-15-18-21-24-26-28-29-31-33-37-42-47-52-57-62-76(81)93-73(67-88-75(80)61-56-51-46-41-36-32-30-27-25-22-19-16-13-10-7-2)69-92-96(85,86)90-65-71(78)64-89-95(83,84)91-68-72(66-87-74(79)60-55-50-45-40-23-20-17-14-11-8-3)94-77(82)63-58-53-48-43-38-34-35-39-44-49-54-59-70(4)5/h70-73,78H,6-69H2,1-5H3,(H,83,84)(H,85,86)/t71-,72+,73+/m0/s1. The van der Waals surface area contributed by atoms with Crippen LogP contribution in [0, 0.1) is 5.92 Å². The van der Waals surface area contributed by atoms with Crippen molar-refractivity contribution in [3.8, 4) is 0 Å². The Kier molecular flexibility index (Phi) is 68.7. The average Bonchev–Trinajstić information content (AvgIpc) is 2.53. The summed E-state index contributed by atoms with van der Waals surface area (Å²) in [6.07, 6.45) is 59.5. The normalized spacial score (nSPS) is 13.9. The Bertz CT molecular complexity index is 1840. The Morgan fingerprint density at radius 1 is 0.281 bits per heavy atom. The molecule has 0 aliphatic carbocycles. The van der Waals surface area contributed by atoms with Crippen LogP contribution in [0.2, 0.25) is 0 Å². The van der Waals surface area contributed by atoms with Crippen molar-refractivity contribution in [3.05, 3.63) is 0 Å². The fourth-order valence-electron chi connectivity index (χ4n) is 11.9. The van der Waals surface area contributed by atoms with E-state index in [0.717, 1.165) is 95.8 Å². The average molecular weight is 1410 g/mol. The highest BCUT2D eigenvalue weighted by Gasteiger charge is 2.30. The van der Waals surface area contributed by atoms with Crippen molar-refractivity contribution in [3.63, 3.8) is 0 Å². The molecule has 0 aliphatic heterocycles. The van der Waals surface area contributed by atoms with Gasteiger partial charge in [-0.05, 0) is 31.6 Å². The second-order valence-corrected chi connectivity index (χ2v) is 31.1. The maximum Gasteiger partial charge on any atom is 0.472 e. The van der Waals surface area contributed by atoms with Gasteiger partial charge in [0, 0.05) is 25.7 Å². The first-order valence-corrected chi connectivity index (χ1v) is 43.1. The van der Waals surface area contributed by atoms with Gasteiger partial charge in [-0.25, -0.2) is 9.13 Å². The number of carbonyl (C=O) groups is 4. The summed E-state index contributed by atoms with van der Waals surface area (Å²) in [5.74, 6) is -1.34. The van der Waals surface area contributed by atoms with Gasteiger partial charge in [0.15, 0.2) is 12.2 Å². The molecule has 0 radical (unpaired) electrons. The molecule has 0 aromatic carbocycles. The van der Waals surface area contributed by atoms with Crippen molar-refractivity contribution in [1.82, 2.24) is 0 Å². The first kappa shape index (κ1) is 94.1. The number of esters is 4. The first-order chi connectivity index (χ1) is 46.5. The fraction of sp³-hybridized carbons (Fsp3) is 0.948. The molecular formula is C77H150O17P2. The van der Waals surface area contributed by atoms with Crippen LogP contribution in [0.5, 0.6) is 0 Å². The molecule has 0 spiro atoms. The van der Waals surface area contributed by atoms with Gasteiger partial charge in [0.1, 0.15) is 19.3 Å². The van der Waals surface area contributed by atoms with Crippen LogP contribution < -0.4 is 0 Å². The number of unbranched alkanes of at least 4 members (excludes halogenated alkanes) is 49. The summed E-state index contributed by atoms with van der Waals surface area (Å²) in [7, 11) is -9.91. The fourth-order valence-corrected chi connectivity index (χ4v) is 13.5. The van der Waals surface area contributed by atoms with E-state index in [1.54, 1.807) is 0 Å². The number of phosphoric acid groups is 2. The zero-order valence-electron chi connectivity index (χ0n) is 62.5. The van der Waals surface area contributed by atoms with E-state index in [2.05, 4.69) is 34.6 Å². The summed E-state index contributed by atoms with van der Waals surface area (Å²) in [5, 5.41) is 10.6. The molecule has 0 fully saturated rings. The molecule has 570 valence electrons. The van der Waals surface area contributed by atoms with Gasteiger partial charge in [-0.3, -0.25) is 37.3 Å². The topological polar surface area (TPSA) is 237 Å². The molecule has 0 bridgehead atoms. The van der Waals surface area contributed by atoms with Crippen molar-refractivity contribution in [2.75, 3.05) is 39.6 Å². The predicted octanol–water partition coefficient (Wildman–Crippen LogP) is 22.9. The lowest BCUT2D eigenvalue weighted by Gasteiger charge is -2.21. The van der Waals surface area contributed by atoms with Gasteiger partial charge < -0.3 is 33.8 Å². The van der Waals surface area contributed by atoms with Crippen LogP contribution in [0.25, 0.3) is 0 Å². The highest BCUT2D eigenvalue weighted by Crippen LogP contribution is 2.45. The van der Waals surface area contributed by atoms with Crippen LogP contribution >= 0.6 is 15.6 Å². The second kappa shape index (κ2) is 70.1. The maximum atomic E-state index is 13.1. The van der Waals surface area contributed by atoms with Crippen molar-refractivity contribution >= 4 is 39.5 Å². The Balaban J connectivity index is 5.24. The minimum absolute atomic E-state index is 0.107. The van der Waals surface area contributed by atoms with E-state index in [-0.39, 0.29) is 25.7 Å². The van der Waals surface area contributed by atoms with Crippen molar-refractivity contribution in [2.45, 2.75) is 425 Å². The number of aliphatic hydroxyl groups excluding tert-OH is 1. The monoisotopic (exact) mass is 1410 g/mol. The Labute approximate surface area is 588 Å². The minimum Gasteiger partial charge on any atom is -0.462 e. The molecule has 19 heteroatoms. The van der Waals surface area contributed by atoms with Crippen LogP contribution in [0.3, 0.4) is 0 Å². The van der Waals surface area contributed by atoms with Gasteiger partial charge in [-0.15, -0.1) is 0 Å². The van der Waals surface area contributed by atoms with Crippen LogP contribution in [0.1, 0.15) is 407 Å². The Hall–Kier alpha value is -1.94. The number of aliphatic hydroxyl groups is 1. The molecule has 0 aliphatic rings. The lowest BCUT2D eigenvalue weighted by Crippen LogP contribution is -2.30. The summed E-state index contributed by atoms with van der Waals surface area (Å²) >= 11 is 0. The molecule has 2 unspecified atom stereocenters. The summed E-state index contributed by atoms with van der Waals surface area (Å²) in [4.78, 5) is 72.9. The molecule has 5 atom stereocenters. The van der Waals surface area contributed by atoms with E-state index in [1.807, 2.05) is 0 Å². The Morgan fingerprint density at radius 3 is 0.708 bits per heavy atom. The van der Waals surface area contributed by atoms with Gasteiger partial charge in [-0.2, -0.15) is 0 Å². The quantitative estimate of drug-likeness (QED) is 0.0222. The molecule has 0 saturated heterocycles. The second-order valence-electron chi connectivity index (χ2n) is 28.2. The van der Waals surface area contributed by atoms with Crippen molar-refractivity contribution in [1.29, 1.82) is 0 Å². The lowest BCUT2D eigenvalue weighted by molar-refractivity contribution is -0.161. The number of rotatable bonds is 77. The third-order valence-electron chi connectivity index (χ3n) is 18.0. The zero-order chi connectivity index (χ0) is 70.5. The summed E-state index contributed by atoms with van der Waals surface area (Å²) < 4.78 is 68.6. The van der Waals surface area contributed by atoms with Crippen LogP contribution in [0.15, 0.2) is 0 Å². The smallest absolute Gasteiger partial charge is 0.462 e. The van der Waals surface area contributed by atoms with E-state index in [1.165, 1.54) is 231 Å². The van der Waals surface area contributed by atoms with Gasteiger partial charge >= 0.3 is 39.5 Å².